The number of pyridine rings is 1. The summed E-state index contributed by atoms with van der Waals surface area (Å²) in [5.41, 5.74) is 1.68. The highest BCUT2D eigenvalue weighted by atomic mass is 32.1. The van der Waals surface area contributed by atoms with Crippen LogP contribution < -0.4 is 20.3 Å². The first-order valence-electron chi connectivity index (χ1n) is 10.6. The average Bonchev–Trinajstić information content (AvgIpc) is 3.35. The van der Waals surface area contributed by atoms with Gasteiger partial charge in [-0.05, 0) is 30.0 Å². The molecule has 1 aromatic carbocycles. The Kier molecular flexibility index (Phi) is 7.11. The van der Waals surface area contributed by atoms with Crippen molar-refractivity contribution in [1.82, 2.24) is 9.38 Å². The SMILES string of the molecule is COc1cc(NC(=O)Cc2cccs2)c(C(=O)OCc2cc(=O)n3cc(C)ccc3n2)cc1OC. The molecule has 0 atom stereocenters. The van der Waals surface area contributed by atoms with E-state index in [0.717, 1.165) is 10.4 Å². The van der Waals surface area contributed by atoms with E-state index >= 15 is 0 Å². The normalized spacial score (nSPS) is 10.7. The molecule has 0 spiro atoms. The van der Waals surface area contributed by atoms with Gasteiger partial charge in [0.25, 0.3) is 5.56 Å². The van der Waals surface area contributed by atoms with Crippen LogP contribution in [0.3, 0.4) is 0 Å². The number of thiophene rings is 1. The third-order valence-electron chi connectivity index (χ3n) is 5.14. The number of esters is 1. The first-order chi connectivity index (χ1) is 16.9. The van der Waals surface area contributed by atoms with Crippen molar-refractivity contribution in [1.29, 1.82) is 0 Å². The molecule has 0 aliphatic rings. The van der Waals surface area contributed by atoms with Crippen molar-refractivity contribution in [2.75, 3.05) is 19.5 Å². The van der Waals surface area contributed by atoms with Crippen LogP contribution in [0.1, 0.15) is 26.5 Å². The maximum atomic E-state index is 13.0. The lowest BCUT2D eigenvalue weighted by Gasteiger charge is -2.15. The van der Waals surface area contributed by atoms with Crippen molar-refractivity contribution < 1.29 is 23.8 Å². The van der Waals surface area contributed by atoms with Gasteiger partial charge >= 0.3 is 5.97 Å². The summed E-state index contributed by atoms with van der Waals surface area (Å²) in [6.45, 7) is 1.65. The number of nitrogens with zero attached hydrogens (tertiary/aromatic N) is 2. The predicted octanol–water partition coefficient (Wildman–Crippen LogP) is 3.62. The van der Waals surface area contributed by atoms with Crippen LogP contribution in [0, 0.1) is 6.92 Å². The first-order valence-corrected chi connectivity index (χ1v) is 11.5. The minimum Gasteiger partial charge on any atom is -0.493 e. The molecule has 0 fully saturated rings. The van der Waals surface area contributed by atoms with Crippen LogP contribution in [0.2, 0.25) is 0 Å². The van der Waals surface area contributed by atoms with Crippen molar-refractivity contribution in [2.45, 2.75) is 20.0 Å². The Labute approximate surface area is 204 Å². The number of fused-ring (bicyclic) bond motifs is 1. The topological polar surface area (TPSA) is 108 Å². The van der Waals surface area contributed by atoms with E-state index in [2.05, 4.69) is 10.3 Å². The van der Waals surface area contributed by atoms with E-state index in [1.165, 1.54) is 48.2 Å². The molecule has 0 saturated carbocycles. The second-order valence-electron chi connectivity index (χ2n) is 7.65. The number of rotatable bonds is 8. The van der Waals surface area contributed by atoms with Crippen LogP contribution in [0.5, 0.6) is 11.5 Å². The zero-order valence-electron chi connectivity index (χ0n) is 19.4. The summed E-state index contributed by atoms with van der Waals surface area (Å²) in [6.07, 6.45) is 1.85. The van der Waals surface area contributed by atoms with Gasteiger partial charge < -0.3 is 19.5 Å². The molecule has 180 valence electrons. The number of benzene rings is 1. The van der Waals surface area contributed by atoms with E-state index in [4.69, 9.17) is 14.2 Å². The maximum absolute atomic E-state index is 13.0. The summed E-state index contributed by atoms with van der Waals surface area (Å²) in [5.74, 6) is -0.375. The van der Waals surface area contributed by atoms with Crippen LogP contribution in [0.15, 0.2) is 58.8 Å². The molecule has 3 heterocycles. The number of hydrogen-bond acceptors (Lipinski definition) is 8. The second kappa shape index (κ2) is 10.4. The smallest absolute Gasteiger partial charge is 0.340 e. The number of carbonyl (C=O) groups is 2. The molecule has 10 heteroatoms. The molecular weight excluding hydrogens is 470 g/mol. The Bertz CT molecular complexity index is 1450. The van der Waals surface area contributed by atoms with Gasteiger partial charge in [0, 0.05) is 29.3 Å². The average molecular weight is 494 g/mol. The molecule has 0 unspecified atom stereocenters. The van der Waals surface area contributed by atoms with Crippen LogP contribution in [0.4, 0.5) is 5.69 Å². The third kappa shape index (κ3) is 5.49. The lowest BCUT2D eigenvalue weighted by Crippen LogP contribution is -2.19. The van der Waals surface area contributed by atoms with E-state index < -0.39 is 5.97 Å². The maximum Gasteiger partial charge on any atom is 0.340 e. The predicted molar refractivity (Wildman–Crippen MR) is 132 cm³/mol. The lowest BCUT2D eigenvalue weighted by atomic mass is 10.1. The van der Waals surface area contributed by atoms with Gasteiger partial charge in [0.05, 0.1) is 37.6 Å². The fourth-order valence-corrected chi connectivity index (χ4v) is 4.17. The van der Waals surface area contributed by atoms with E-state index in [-0.39, 0.29) is 35.7 Å². The molecule has 1 amide bonds. The Morgan fingerprint density at radius 3 is 2.57 bits per heavy atom. The number of carbonyl (C=O) groups excluding carboxylic acids is 2. The van der Waals surface area contributed by atoms with Crippen LogP contribution in [-0.4, -0.2) is 35.5 Å². The lowest BCUT2D eigenvalue weighted by molar-refractivity contribution is -0.115. The summed E-state index contributed by atoms with van der Waals surface area (Å²) in [5, 5.41) is 4.64. The van der Waals surface area contributed by atoms with Gasteiger partial charge in [-0.25, -0.2) is 9.78 Å². The minimum absolute atomic E-state index is 0.0790. The molecule has 0 radical (unpaired) electrons. The second-order valence-corrected chi connectivity index (χ2v) is 8.69. The van der Waals surface area contributed by atoms with Crippen LogP contribution in [0.25, 0.3) is 5.65 Å². The number of hydrogen-bond donors (Lipinski definition) is 1. The Balaban J connectivity index is 1.58. The number of amides is 1. The van der Waals surface area contributed by atoms with Gasteiger partial charge in [-0.2, -0.15) is 0 Å². The highest BCUT2D eigenvalue weighted by molar-refractivity contribution is 7.10. The van der Waals surface area contributed by atoms with Crippen molar-refractivity contribution in [3.63, 3.8) is 0 Å². The van der Waals surface area contributed by atoms with Gasteiger partial charge in [-0.3, -0.25) is 14.0 Å². The monoisotopic (exact) mass is 493 g/mol. The van der Waals surface area contributed by atoms with Crippen LogP contribution in [-0.2, 0) is 22.6 Å². The quantitative estimate of drug-likeness (QED) is 0.374. The summed E-state index contributed by atoms with van der Waals surface area (Å²) in [7, 11) is 2.90. The molecule has 0 aliphatic carbocycles. The van der Waals surface area contributed by atoms with Crippen molar-refractivity contribution >= 4 is 34.5 Å². The molecule has 35 heavy (non-hydrogen) atoms. The zero-order valence-corrected chi connectivity index (χ0v) is 20.2. The van der Waals surface area contributed by atoms with Crippen LogP contribution >= 0.6 is 11.3 Å². The number of aromatic nitrogens is 2. The van der Waals surface area contributed by atoms with E-state index in [9.17, 15) is 14.4 Å². The molecule has 0 aliphatic heterocycles. The zero-order chi connectivity index (χ0) is 24.9. The van der Waals surface area contributed by atoms with E-state index in [0.29, 0.717) is 22.8 Å². The van der Waals surface area contributed by atoms with Crippen molar-refractivity contribution in [3.05, 3.63) is 86.1 Å². The highest BCUT2D eigenvalue weighted by Gasteiger charge is 2.20. The van der Waals surface area contributed by atoms with E-state index in [1.807, 2.05) is 30.5 Å². The number of anilines is 1. The largest absolute Gasteiger partial charge is 0.493 e. The Hall–Kier alpha value is -4.18. The van der Waals surface area contributed by atoms with Gasteiger partial charge in [-0.15, -0.1) is 11.3 Å². The highest BCUT2D eigenvalue weighted by Crippen LogP contribution is 2.34. The third-order valence-corrected chi connectivity index (χ3v) is 6.02. The summed E-state index contributed by atoms with van der Waals surface area (Å²) in [6, 6.07) is 11.5. The number of nitrogens with one attached hydrogen (secondary N) is 1. The summed E-state index contributed by atoms with van der Waals surface area (Å²) < 4.78 is 17.5. The molecule has 0 bridgehead atoms. The first kappa shape index (κ1) is 24.0. The molecule has 4 rings (SSSR count). The van der Waals surface area contributed by atoms with E-state index in [1.54, 1.807) is 12.3 Å². The standard InChI is InChI=1S/C25H23N3O6S/c1-15-6-7-22-26-16(9-24(30)28(22)13-15)14-34-25(31)18-11-20(32-2)21(33-3)12-19(18)27-23(29)10-17-5-4-8-35-17/h4-9,11-13H,10,14H2,1-3H3,(H,27,29). The molecule has 9 nitrogen and oxygen atoms in total. The Morgan fingerprint density at radius 2 is 1.86 bits per heavy atom. The molecular formula is C25H23N3O6S. The number of aryl methyl sites for hydroxylation is 1. The van der Waals surface area contributed by atoms with Gasteiger partial charge in [0.1, 0.15) is 12.3 Å². The van der Waals surface area contributed by atoms with Gasteiger partial charge in [0.2, 0.25) is 5.91 Å². The molecule has 1 N–H and O–H groups in total. The minimum atomic E-state index is -0.719. The summed E-state index contributed by atoms with van der Waals surface area (Å²) in [4.78, 5) is 43.3. The fraction of sp³-hybridized carbons (Fsp3) is 0.200. The molecule has 4 aromatic rings. The van der Waals surface area contributed by atoms with Gasteiger partial charge in [-0.1, -0.05) is 12.1 Å². The van der Waals surface area contributed by atoms with Gasteiger partial charge in [0.15, 0.2) is 11.5 Å². The summed E-state index contributed by atoms with van der Waals surface area (Å²) >= 11 is 1.46. The number of ether oxygens (including phenoxy) is 3. The van der Waals surface area contributed by atoms with Crippen molar-refractivity contribution in [3.8, 4) is 11.5 Å². The molecule has 3 aromatic heterocycles. The van der Waals surface area contributed by atoms with Crippen molar-refractivity contribution in [2.24, 2.45) is 0 Å². The Morgan fingerprint density at radius 1 is 1.09 bits per heavy atom. The number of methoxy groups -OCH3 is 2. The molecule has 0 saturated heterocycles. The fourth-order valence-electron chi connectivity index (χ4n) is 3.47.